The molecule has 0 radical (unpaired) electrons. The lowest BCUT2D eigenvalue weighted by Crippen LogP contribution is -2.27. The molecular formula is C25H26N2O3S. The van der Waals surface area contributed by atoms with Gasteiger partial charge in [-0.3, -0.25) is 9.52 Å². The first-order chi connectivity index (χ1) is 14.8. The molecule has 1 amide bonds. The molecule has 160 valence electrons. The van der Waals surface area contributed by atoms with E-state index in [0.717, 1.165) is 18.4 Å². The van der Waals surface area contributed by atoms with Crippen LogP contribution >= 0.6 is 0 Å². The lowest BCUT2D eigenvalue weighted by Gasteiger charge is -2.17. The first-order valence-corrected chi connectivity index (χ1v) is 11.9. The van der Waals surface area contributed by atoms with E-state index >= 15 is 0 Å². The zero-order valence-corrected chi connectivity index (χ0v) is 18.5. The van der Waals surface area contributed by atoms with Gasteiger partial charge in [-0.05, 0) is 79.6 Å². The second kappa shape index (κ2) is 8.55. The summed E-state index contributed by atoms with van der Waals surface area (Å²) in [6.45, 7) is 3.66. The van der Waals surface area contributed by atoms with Gasteiger partial charge in [-0.15, -0.1) is 0 Å². The maximum atomic E-state index is 12.9. The van der Waals surface area contributed by atoms with Crippen molar-refractivity contribution in [3.05, 3.63) is 94.5 Å². The standard InChI is InChI=1S/C25H26N2O3S/c1-17-11-12-22(16-24(17)31(29,30)27-23-9-4-3-5-10-23)25(28)26-18(2)20-14-13-19-7-6-8-21(19)15-20/h3-5,9-16,18,27H,6-8H2,1-2H3,(H,26,28). The predicted octanol–water partition coefficient (Wildman–Crippen LogP) is 4.78. The third kappa shape index (κ3) is 4.64. The quantitative estimate of drug-likeness (QED) is 0.586. The van der Waals surface area contributed by atoms with Gasteiger partial charge in [0.1, 0.15) is 0 Å². The number of sulfonamides is 1. The van der Waals surface area contributed by atoms with Gasteiger partial charge in [0.2, 0.25) is 0 Å². The number of aryl methyl sites for hydroxylation is 3. The molecule has 0 saturated heterocycles. The van der Waals surface area contributed by atoms with Crippen molar-refractivity contribution in [1.82, 2.24) is 5.32 Å². The van der Waals surface area contributed by atoms with Crippen LogP contribution in [0.2, 0.25) is 0 Å². The maximum absolute atomic E-state index is 12.9. The van der Waals surface area contributed by atoms with Gasteiger partial charge in [-0.1, -0.05) is 42.5 Å². The van der Waals surface area contributed by atoms with Crippen molar-refractivity contribution >= 4 is 21.6 Å². The van der Waals surface area contributed by atoms with Crippen molar-refractivity contribution in [2.45, 2.75) is 44.0 Å². The largest absolute Gasteiger partial charge is 0.346 e. The van der Waals surface area contributed by atoms with Crippen LogP contribution in [0.1, 0.15) is 52.0 Å². The van der Waals surface area contributed by atoms with Crippen LogP contribution in [0.5, 0.6) is 0 Å². The fraction of sp³-hybridized carbons (Fsp3) is 0.240. The summed E-state index contributed by atoms with van der Waals surface area (Å²) in [7, 11) is -3.82. The molecule has 0 heterocycles. The van der Waals surface area contributed by atoms with E-state index in [1.807, 2.05) is 13.0 Å². The Morgan fingerprint density at radius 2 is 1.68 bits per heavy atom. The number of hydrogen-bond acceptors (Lipinski definition) is 3. The Morgan fingerprint density at radius 1 is 0.935 bits per heavy atom. The van der Waals surface area contributed by atoms with Crippen LogP contribution in [-0.4, -0.2) is 14.3 Å². The molecule has 5 nitrogen and oxygen atoms in total. The van der Waals surface area contributed by atoms with Crippen LogP contribution in [0.25, 0.3) is 0 Å². The van der Waals surface area contributed by atoms with E-state index in [4.69, 9.17) is 0 Å². The van der Waals surface area contributed by atoms with E-state index < -0.39 is 10.0 Å². The van der Waals surface area contributed by atoms with Gasteiger partial charge in [0.15, 0.2) is 0 Å². The lowest BCUT2D eigenvalue weighted by molar-refractivity contribution is 0.0939. The van der Waals surface area contributed by atoms with Gasteiger partial charge < -0.3 is 5.32 Å². The summed E-state index contributed by atoms with van der Waals surface area (Å²) in [5.41, 5.74) is 5.16. The third-order valence-electron chi connectivity index (χ3n) is 5.74. The molecule has 1 unspecified atom stereocenters. The molecule has 31 heavy (non-hydrogen) atoms. The highest BCUT2D eigenvalue weighted by Crippen LogP contribution is 2.26. The Morgan fingerprint density at radius 3 is 2.45 bits per heavy atom. The van der Waals surface area contributed by atoms with Gasteiger partial charge in [0.05, 0.1) is 10.9 Å². The van der Waals surface area contributed by atoms with Crippen LogP contribution in [0, 0.1) is 6.92 Å². The number of hydrogen-bond donors (Lipinski definition) is 2. The Balaban J connectivity index is 1.54. The summed E-state index contributed by atoms with van der Waals surface area (Å²) in [5, 5.41) is 3.00. The highest BCUT2D eigenvalue weighted by atomic mass is 32.2. The molecule has 0 aromatic heterocycles. The SMILES string of the molecule is Cc1ccc(C(=O)NC(C)c2ccc3c(c2)CCC3)cc1S(=O)(=O)Nc1ccccc1. The topological polar surface area (TPSA) is 75.3 Å². The van der Waals surface area contributed by atoms with Crippen molar-refractivity contribution in [3.63, 3.8) is 0 Å². The Labute approximate surface area is 183 Å². The first-order valence-electron chi connectivity index (χ1n) is 10.4. The van der Waals surface area contributed by atoms with Gasteiger partial charge in [-0.2, -0.15) is 0 Å². The summed E-state index contributed by atoms with van der Waals surface area (Å²) in [6, 6.07) is 19.6. The highest BCUT2D eigenvalue weighted by molar-refractivity contribution is 7.92. The maximum Gasteiger partial charge on any atom is 0.262 e. The number of fused-ring (bicyclic) bond motifs is 1. The van der Waals surface area contributed by atoms with Crippen LogP contribution in [0.15, 0.2) is 71.6 Å². The Bertz CT molecular complexity index is 1220. The van der Waals surface area contributed by atoms with Gasteiger partial charge >= 0.3 is 0 Å². The van der Waals surface area contributed by atoms with Gasteiger partial charge in [0.25, 0.3) is 15.9 Å². The van der Waals surface area contributed by atoms with Crippen molar-refractivity contribution in [2.75, 3.05) is 4.72 Å². The fourth-order valence-electron chi connectivity index (χ4n) is 3.97. The number of rotatable bonds is 6. The molecule has 0 bridgehead atoms. The van der Waals surface area contributed by atoms with Crippen molar-refractivity contribution in [1.29, 1.82) is 0 Å². The molecular weight excluding hydrogens is 408 g/mol. The first kappa shape index (κ1) is 21.1. The molecule has 3 aromatic carbocycles. The molecule has 1 aliphatic carbocycles. The second-order valence-corrected chi connectivity index (χ2v) is 9.68. The molecule has 0 saturated carbocycles. The summed E-state index contributed by atoms with van der Waals surface area (Å²) in [4.78, 5) is 13.0. The molecule has 2 N–H and O–H groups in total. The van der Waals surface area contributed by atoms with Gasteiger partial charge in [-0.25, -0.2) is 8.42 Å². The van der Waals surface area contributed by atoms with Crippen molar-refractivity contribution in [2.24, 2.45) is 0 Å². The van der Waals surface area contributed by atoms with E-state index in [0.29, 0.717) is 16.8 Å². The minimum Gasteiger partial charge on any atom is -0.346 e. The number of carbonyl (C=O) groups is 1. The zero-order valence-electron chi connectivity index (χ0n) is 17.7. The molecule has 0 fully saturated rings. The molecule has 0 aliphatic heterocycles. The summed E-state index contributed by atoms with van der Waals surface area (Å²) >= 11 is 0. The number of nitrogens with one attached hydrogen (secondary N) is 2. The summed E-state index contributed by atoms with van der Waals surface area (Å²) < 4.78 is 28.4. The Kier molecular flexibility index (Phi) is 5.83. The van der Waals surface area contributed by atoms with E-state index in [2.05, 4.69) is 28.2 Å². The molecule has 1 atom stereocenters. The second-order valence-electron chi connectivity index (χ2n) is 8.03. The molecule has 1 aliphatic rings. The number of anilines is 1. The summed E-state index contributed by atoms with van der Waals surface area (Å²) in [6.07, 6.45) is 3.38. The molecule has 4 rings (SSSR count). The minimum atomic E-state index is -3.82. The zero-order chi connectivity index (χ0) is 22.0. The van der Waals surface area contributed by atoms with E-state index in [-0.39, 0.29) is 16.8 Å². The Hall–Kier alpha value is -3.12. The average molecular weight is 435 g/mol. The third-order valence-corrected chi connectivity index (χ3v) is 7.26. The number of amides is 1. The van der Waals surface area contributed by atoms with Gasteiger partial charge in [0, 0.05) is 11.3 Å². The predicted molar refractivity (Wildman–Crippen MR) is 123 cm³/mol. The van der Waals surface area contributed by atoms with Crippen LogP contribution < -0.4 is 10.0 Å². The number of para-hydroxylation sites is 1. The molecule has 3 aromatic rings. The minimum absolute atomic E-state index is 0.0918. The van der Waals surface area contributed by atoms with E-state index in [1.165, 1.54) is 23.6 Å². The van der Waals surface area contributed by atoms with Crippen LogP contribution in [0.4, 0.5) is 5.69 Å². The van der Waals surface area contributed by atoms with Crippen molar-refractivity contribution < 1.29 is 13.2 Å². The lowest BCUT2D eigenvalue weighted by atomic mass is 10.0. The van der Waals surface area contributed by atoms with E-state index in [1.54, 1.807) is 43.3 Å². The summed E-state index contributed by atoms with van der Waals surface area (Å²) in [5.74, 6) is -0.302. The fourth-order valence-corrected chi connectivity index (χ4v) is 5.30. The smallest absolute Gasteiger partial charge is 0.262 e. The average Bonchev–Trinajstić information content (AvgIpc) is 3.22. The number of benzene rings is 3. The van der Waals surface area contributed by atoms with Crippen LogP contribution in [-0.2, 0) is 22.9 Å². The molecule has 6 heteroatoms. The van der Waals surface area contributed by atoms with Crippen LogP contribution in [0.3, 0.4) is 0 Å². The molecule has 0 spiro atoms. The monoisotopic (exact) mass is 434 g/mol. The number of carbonyl (C=O) groups excluding carboxylic acids is 1. The highest BCUT2D eigenvalue weighted by Gasteiger charge is 2.21. The van der Waals surface area contributed by atoms with E-state index in [9.17, 15) is 13.2 Å². The normalized spacial score (nSPS) is 14.0. The van der Waals surface area contributed by atoms with Crippen molar-refractivity contribution in [3.8, 4) is 0 Å².